The summed E-state index contributed by atoms with van der Waals surface area (Å²) in [6.07, 6.45) is 1.43. The summed E-state index contributed by atoms with van der Waals surface area (Å²) >= 11 is 0. The van der Waals surface area contributed by atoms with Crippen LogP contribution in [0.3, 0.4) is 0 Å². The van der Waals surface area contributed by atoms with E-state index in [-0.39, 0.29) is 29.5 Å². The molecule has 2 aromatic heterocycles. The average Bonchev–Trinajstić information content (AvgIpc) is 3.37. The van der Waals surface area contributed by atoms with Crippen LogP contribution in [0, 0.1) is 13.8 Å². The van der Waals surface area contributed by atoms with E-state index in [2.05, 4.69) is 36.2 Å². The molecule has 8 heteroatoms. The van der Waals surface area contributed by atoms with Crippen LogP contribution in [-0.4, -0.2) is 20.6 Å². The van der Waals surface area contributed by atoms with Crippen LogP contribution in [0.4, 0.5) is 0 Å². The maximum atomic E-state index is 13.4. The summed E-state index contributed by atoms with van der Waals surface area (Å²) in [5, 5.41) is 10.9. The molecular weight excluding hydrogens is 472 g/mol. The van der Waals surface area contributed by atoms with Crippen LogP contribution in [0.15, 0.2) is 62.2 Å². The smallest absolute Gasteiger partial charge is 0.453 e. The van der Waals surface area contributed by atoms with Crippen LogP contribution in [0.25, 0.3) is 11.1 Å². The second-order valence-corrected chi connectivity index (χ2v) is 9.64. The molecule has 0 fully saturated rings. The highest BCUT2D eigenvalue weighted by atomic mass is 16.6. The summed E-state index contributed by atoms with van der Waals surface area (Å²) in [5.74, 6) is -0.471. The van der Waals surface area contributed by atoms with E-state index in [1.807, 2.05) is 31.2 Å². The number of carbonyl (C=O) groups is 1. The predicted molar refractivity (Wildman–Crippen MR) is 138 cm³/mol. The number of imidazole rings is 1. The lowest BCUT2D eigenvalue weighted by molar-refractivity contribution is 0.0395. The summed E-state index contributed by atoms with van der Waals surface area (Å²) in [5.41, 5.74) is 3.46. The maximum Gasteiger partial charge on any atom is 0.519 e. The summed E-state index contributed by atoms with van der Waals surface area (Å²) in [7, 11) is 0. The zero-order valence-corrected chi connectivity index (χ0v) is 21.8. The topological polar surface area (TPSA) is 108 Å². The fourth-order valence-corrected chi connectivity index (χ4v) is 4.29. The fraction of sp³-hybridized carbons (Fsp3) is 0.345. The Morgan fingerprint density at radius 2 is 1.78 bits per heavy atom. The summed E-state index contributed by atoms with van der Waals surface area (Å²) in [6, 6.07) is 16.4. The molecule has 194 valence electrons. The van der Waals surface area contributed by atoms with E-state index in [9.17, 15) is 14.7 Å². The van der Waals surface area contributed by atoms with E-state index in [4.69, 9.17) is 13.6 Å². The van der Waals surface area contributed by atoms with Gasteiger partial charge in [0, 0.05) is 13.0 Å². The van der Waals surface area contributed by atoms with Crippen LogP contribution >= 0.6 is 0 Å². The lowest BCUT2D eigenvalue weighted by atomic mass is 9.99. The van der Waals surface area contributed by atoms with Gasteiger partial charge in [0.15, 0.2) is 23.8 Å². The largest absolute Gasteiger partial charge is 0.519 e. The number of aliphatic hydroxyl groups is 1. The van der Waals surface area contributed by atoms with Crippen LogP contribution in [0.1, 0.15) is 71.8 Å². The van der Waals surface area contributed by atoms with Gasteiger partial charge in [-0.2, -0.15) is 0 Å². The third-order valence-corrected chi connectivity index (χ3v) is 6.21. The Balaban J connectivity index is 1.69. The Labute approximate surface area is 215 Å². The van der Waals surface area contributed by atoms with Gasteiger partial charge >= 0.3 is 11.8 Å². The number of benzene rings is 2. The van der Waals surface area contributed by atoms with Crippen molar-refractivity contribution in [3.63, 3.8) is 0 Å². The van der Waals surface area contributed by atoms with Gasteiger partial charge in [-0.25, -0.2) is 14.6 Å². The highest BCUT2D eigenvalue weighted by molar-refractivity contribution is 5.89. The summed E-state index contributed by atoms with van der Waals surface area (Å²) < 4.78 is 17.1. The van der Waals surface area contributed by atoms with Crippen LogP contribution in [0.5, 0.6) is 0 Å². The van der Waals surface area contributed by atoms with Gasteiger partial charge in [0.05, 0.1) is 0 Å². The first-order valence-corrected chi connectivity index (χ1v) is 12.3. The Kier molecular flexibility index (Phi) is 7.50. The number of ether oxygens (including phenoxy) is 1. The molecule has 8 nitrogen and oxygen atoms in total. The van der Waals surface area contributed by atoms with Crippen molar-refractivity contribution in [2.75, 3.05) is 0 Å². The van der Waals surface area contributed by atoms with Crippen molar-refractivity contribution >= 4 is 5.97 Å². The molecule has 0 saturated carbocycles. The molecule has 0 saturated heterocycles. The Morgan fingerprint density at radius 1 is 1.08 bits per heavy atom. The highest BCUT2D eigenvalue weighted by Crippen LogP contribution is 2.28. The van der Waals surface area contributed by atoms with Gasteiger partial charge < -0.3 is 23.2 Å². The Morgan fingerprint density at radius 3 is 2.38 bits per heavy atom. The van der Waals surface area contributed by atoms with Crippen LogP contribution < -0.4 is 5.82 Å². The molecule has 4 rings (SSSR count). The minimum absolute atomic E-state index is 0.134. The van der Waals surface area contributed by atoms with Crippen molar-refractivity contribution in [1.29, 1.82) is 0 Å². The van der Waals surface area contributed by atoms with Gasteiger partial charge in [0.2, 0.25) is 0 Å². The molecule has 2 aromatic carbocycles. The number of hydrogen-bond donors (Lipinski definition) is 1. The van der Waals surface area contributed by atoms with Gasteiger partial charge in [-0.05, 0) is 56.4 Å². The van der Waals surface area contributed by atoms with E-state index in [1.165, 1.54) is 5.56 Å². The third kappa shape index (κ3) is 5.75. The number of aromatic nitrogens is 2. The van der Waals surface area contributed by atoms with Crippen molar-refractivity contribution in [2.24, 2.45) is 0 Å². The lowest BCUT2D eigenvalue weighted by Gasteiger charge is -2.17. The third-order valence-electron chi connectivity index (χ3n) is 6.21. The van der Waals surface area contributed by atoms with Gasteiger partial charge in [0.25, 0.3) is 0 Å². The van der Waals surface area contributed by atoms with E-state index in [1.54, 1.807) is 25.3 Å². The Bertz CT molecular complexity index is 1450. The van der Waals surface area contributed by atoms with Gasteiger partial charge in [0.1, 0.15) is 17.1 Å². The molecule has 0 radical (unpaired) electrons. The molecule has 1 N–H and O–H groups in total. The summed E-state index contributed by atoms with van der Waals surface area (Å²) in [6.45, 7) is 8.93. The first-order chi connectivity index (χ1) is 17.6. The van der Waals surface area contributed by atoms with Crippen LogP contribution in [-0.2, 0) is 29.9 Å². The molecule has 37 heavy (non-hydrogen) atoms. The van der Waals surface area contributed by atoms with Crippen LogP contribution in [0.2, 0.25) is 0 Å². The molecule has 0 aliphatic carbocycles. The minimum Gasteiger partial charge on any atom is -0.453 e. The van der Waals surface area contributed by atoms with Crippen molar-refractivity contribution in [3.8, 4) is 11.1 Å². The zero-order valence-electron chi connectivity index (χ0n) is 21.8. The number of carbonyl (C=O) groups excluding carboxylic acids is 1. The number of aryl methyl sites for hydroxylation is 3. The molecule has 0 bridgehead atoms. The summed E-state index contributed by atoms with van der Waals surface area (Å²) in [4.78, 5) is 29.4. The molecule has 0 spiro atoms. The molecule has 0 aliphatic rings. The van der Waals surface area contributed by atoms with E-state index >= 15 is 0 Å². The van der Waals surface area contributed by atoms with Crippen molar-refractivity contribution in [1.82, 2.24) is 9.55 Å². The molecule has 0 atom stereocenters. The number of nitrogens with zero attached hydrogens (tertiary/aromatic N) is 2. The second-order valence-electron chi connectivity index (χ2n) is 9.64. The second kappa shape index (κ2) is 10.6. The standard InChI is InChI=1S/C29H32N2O6/c1-6-9-24-30-26(29(4,5)34)25(27(32)35-17-23-19(3)36-28(33)37-23)31(24)16-20-12-14-21(15-13-20)22-11-8-7-10-18(22)2/h7-8,10-15,34H,6,9,16-17H2,1-5H3. The van der Waals surface area contributed by atoms with E-state index in [0.29, 0.717) is 18.8 Å². The van der Waals surface area contributed by atoms with Crippen molar-refractivity contribution in [3.05, 3.63) is 99.0 Å². The minimum atomic E-state index is -1.38. The molecule has 2 heterocycles. The van der Waals surface area contributed by atoms with Gasteiger partial charge in [-0.3, -0.25) is 0 Å². The van der Waals surface area contributed by atoms with E-state index < -0.39 is 17.4 Å². The fourth-order valence-electron chi connectivity index (χ4n) is 4.29. The lowest BCUT2D eigenvalue weighted by Crippen LogP contribution is -2.23. The van der Waals surface area contributed by atoms with Crippen molar-refractivity contribution < 1.29 is 23.5 Å². The normalized spacial score (nSPS) is 11.6. The van der Waals surface area contributed by atoms with E-state index in [0.717, 1.165) is 23.1 Å². The van der Waals surface area contributed by atoms with Gasteiger partial charge in [-0.1, -0.05) is 55.5 Å². The molecule has 0 aliphatic heterocycles. The highest BCUT2D eigenvalue weighted by Gasteiger charge is 2.33. The number of rotatable bonds is 9. The first-order valence-electron chi connectivity index (χ1n) is 12.3. The number of hydrogen-bond acceptors (Lipinski definition) is 7. The number of esters is 1. The molecule has 0 amide bonds. The Hall–Kier alpha value is -3.91. The maximum absolute atomic E-state index is 13.4. The predicted octanol–water partition coefficient (Wildman–Crippen LogP) is 5.30. The molecular formula is C29H32N2O6. The molecule has 0 unspecified atom stereocenters. The average molecular weight is 505 g/mol. The first kappa shape index (κ1) is 26.2. The van der Waals surface area contributed by atoms with Crippen molar-refractivity contribution in [2.45, 2.75) is 66.2 Å². The molecule has 4 aromatic rings. The quantitative estimate of drug-likeness (QED) is 0.308. The monoisotopic (exact) mass is 504 g/mol. The SMILES string of the molecule is CCCc1nc(C(C)(C)O)c(C(=O)OCc2oc(=O)oc2C)n1Cc1ccc(-c2ccccc2C)cc1. The zero-order chi connectivity index (χ0) is 26.7. The van der Waals surface area contributed by atoms with Gasteiger partial charge in [-0.15, -0.1) is 0 Å².